The van der Waals surface area contributed by atoms with Crippen LogP contribution in [0.5, 0.6) is 0 Å². The lowest BCUT2D eigenvalue weighted by atomic mass is 10.1. The Morgan fingerprint density at radius 2 is 2.10 bits per heavy atom. The van der Waals surface area contributed by atoms with E-state index >= 15 is 0 Å². The Morgan fingerprint density at radius 3 is 2.50 bits per heavy atom. The van der Waals surface area contributed by atoms with E-state index in [9.17, 15) is 0 Å². The minimum atomic E-state index is 0.771. The van der Waals surface area contributed by atoms with Gasteiger partial charge >= 0.3 is 0 Å². The maximum atomic E-state index is 5.39. The van der Waals surface area contributed by atoms with Crippen molar-refractivity contribution in [2.75, 3.05) is 6.54 Å². The Kier molecular flexibility index (Phi) is 5.32. The largest absolute Gasteiger partial charge is 0.330 e. The molecule has 0 aliphatic heterocycles. The topological polar surface area (TPSA) is 26.0 Å². The summed E-state index contributed by atoms with van der Waals surface area (Å²) in [7, 11) is 0. The van der Waals surface area contributed by atoms with Gasteiger partial charge in [0, 0.05) is 0 Å². The van der Waals surface area contributed by atoms with Crippen LogP contribution in [0.15, 0.2) is 11.6 Å². The van der Waals surface area contributed by atoms with E-state index < -0.39 is 0 Å². The van der Waals surface area contributed by atoms with E-state index in [0.29, 0.717) is 0 Å². The van der Waals surface area contributed by atoms with Gasteiger partial charge in [-0.3, -0.25) is 0 Å². The van der Waals surface area contributed by atoms with E-state index in [0.717, 1.165) is 18.9 Å². The molecule has 0 aromatic carbocycles. The SMILES string of the molecule is C/C(=C/CC(C)C)CCN. The molecule has 0 saturated heterocycles. The molecule has 0 heterocycles. The fraction of sp³-hybridized carbons (Fsp3) is 0.778. The summed E-state index contributed by atoms with van der Waals surface area (Å²) in [5.74, 6) is 0.771. The van der Waals surface area contributed by atoms with Crippen LogP contribution in [-0.4, -0.2) is 6.54 Å². The van der Waals surface area contributed by atoms with Crippen LogP contribution in [0.25, 0.3) is 0 Å². The highest BCUT2D eigenvalue weighted by atomic mass is 14.5. The first kappa shape index (κ1) is 9.70. The van der Waals surface area contributed by atoms with Crippen molar-refractivity contribution in [1.82, 2.24) is 0 Å². The van der Waals surface area contributed by atoms with Crippen LogP contribution < -0.4 is 5.73 Å². The molecule has 0 aromatic rings. The first-order chi connectivity index (χ1) is 4.66. The maximum Gasteiger partial charge on any atom is -0.00401 e. The van der Waals surface area contributed by atoms with Crippen molar-refractivity contribution in [3.8, 4) is 0 Å². The maximum absolute atomic E-state index is 5.39. The molecule has 60 valence electrons. The van der Waals surface area contributed by atoms with E-state index in [1.165, 1.54) is 12.0 Å². The van der Waals surface area contributed by atoms with Gasteiger partial charge in [0.05, 0.1) is 0 Å². The minimum Gasteiger partial charge on any atom is -0.330 e. The molecule has 0 aromatic heterocycles. The fourth-order valence-corrected chi connectivity index (χ4v) is 0.767. The van der Waals surface area contributed by atoms with Crippen molar-refractivity contribution in [3.05, 3.63) is 11.6 Å². The van der Waals surface area contributed by atoms with Crippen LogP contribution >= 0.6 is 0 Å². The predicted octanol–water partition coefficient (Wildman–Crippen LogP) is 2.33. The normalized spacial score (nSPS) is 12.7. The third-order valence-corrected chi connectivity index (χ3v) is 1.48. The molecule has 0 aliphatic rings. The van der Waals surface area contributed by atoms with E-state index in [4.69, 9.17) is 5.73 Å². The summed E-state index contributed by atoms with van der Waals surface area (Å²) >= 11 is 0. The summed E-state index contributed by atoms with van der Waals surface area (Å²) < 4.78 is 0. The molecule has 0 saturated carbocycles. The monoisotopic (exact) mass is 141 g/mol. The highest BCUT2D eigenvalue weighted by Crippen LogP contribution is 2.05. The van der Waals surface area contributed by atoms with Gasteiger partial charge in [-0.2, -0.15) is 0 Å². The Bertz CT molecular complexity index is 103. The molecule has 2 N–H and O–H groups in total. The van der Waals surface area contributed by atoms with Crippen molar-refractivity contribution < 1.29 is 0 Å². The van der Waals surface area contributed by atoms with Crippen molar-refractivity contribution >= 4 is 0 Å². The third kappa shape index (κ3) is 5.83. The zero-order valence-corrected chi connectivity index (χ0v) is 7.35. The van der Waals surface area contributed by atoms with Crippen LogP contribution in [0.4, 0.5) is 0 Å². The highest BCUT2D eigenvalue weighted by Gasteiger charge is 1.90. The zero-order chi connectivity index (χ0) is 7.98. The standard InChI is InChI=1S/C9H19N/c1-8(2)4-5-9(3)6-7-10/h5,8H,4,6-7,10H2,1-3H3/b9-5-. The quantitative estimate of drug-likeness (QED) is 0.597. The van der Waals surface area contributed by atoms with Crippen LogP contribution in [0.2, 0.25) is 0 Å². The molecule has 0 amide bonds. The van der Waals surface area contributed by atoms with Gasteiger partial charge in [0.1, 0.15) is 0 Å². The Balaban J connectivity index is 3.47. The van der Waals surface area contributed by atoms with Gasteiger partial charge in [-0.05, 0) is 32.2 Å². The van der Waals surface area contributed by atoms with E-state index in [1.54, 1.807) is 0 Å². The van der Waals surface area contributed by atoms with Crippen molar-refractivity contribution in [2.24, 2.45) is 11.7 Å². The van der Waals surface area contributed by atoms with E-state index in [-0.39, 0.29) is 0 Å². The molecule has 0 rings (SSSR count). The molecule has 0 atom stereocenters. The molecule has 0 radical (unpaired) electrons. The molecular weight excluding hydrogens is 122 g/mol. The second kappa shape index (κ2) is 5.48. The highest BCUT2D eigenvalue weighted by molar-refractivity contribution is 4.98. The van der Waals surface area contributed by atoms with Gasteiger partial charge in [-0.15, -0.1) is 0 Å². The Labute approximate surface area is 64.3 Å². The van der Waals surface area contributed by atoms with Gasteiger partial charge in [0.25, 0.3) is 0 Å². The van der Waals surface area contributed by atoms with Crippen LogP contribution in [0, 0.1) is 5.92 Å². The number of allylic oxidation sites excluding steroid dienone is 1. The smallest absolute Gasteiger partial charge is 0.00401 e. The zero-order valence-electron chi connectivity index (χ0n) is 7.35. The summed E-state index contributed by atoms with van der Waals surface area (Å²) in [6, 6.07) is 0. The number of hydrogen-bond donors (Lipinski definition) is 1. The summed E-state index contributed by atoms with van der Waals surface area (Å²) in [5, 5.41) is 0. The minimum absolute atomic E-state index is 0.771. The lowest BCUT2D eigenvalue weighted by molar-refractivity contribution is 0.659. The number of nitrogens with two attached hydrogens (primary N) is 1. The summed E-state index contributed by atoms with van der Waals surface area (Å²) in [4.78, 5) is 0. The molecule has 0 bridgehead atoms. The molecule has 0 fully saturated rings. The molecule has 10 heavy (non-hydrogen) atoms. The first-order valence-corrected chi connectivity index (χ1v) is 4.02. The number of hydrogen-bond acceptors (Lipinski definition) is 1. The molecular formula is C9H19N. The summed E-state index contributed by atoms with van der Waals surface area (Å²) in [6.45, 7) is 7.38. The van der Waals surface area contributed by atoms with Gasteiger partial charge in [-0.1, -0.05) is 25.5 Å². The fourth-order valence-electron chi connectivity index (χ4n) is 0.767. The van der Waals surface area contributed by atoms with E-state index in [1.807, 2.05) is 0 Å². The molecule has 1 nitrogen and oxygen atoms in total. The average molecular weight is 141 g/mol. The van der Waals surface area contributed by atoms with Crippen LogP contribution in [0.1, 0.15) is 33.6 Å². The number of rotatable bonds is 4. The van der Waals surface area contributed by atoms with Crippen molar-refractivity contribution in [2.45, 2.75) is 33.6 Å². The Hall–Kier alpha value is -0.300. The van der Waals surface area contributed by atoms with Crippen molar-refractivity contribution in [1.29, 1.82) is 0 Å². The third-order valence-electron chi connectivity index (χ3n) is 1.48. The average Bonchev–Trinajstić information content (AvgIpc) is 1.85. The van der Waals surface area contributed by atoms with Crippen molar-refractivity contribution in [3.63, 3.8) is 0 Å². The molecule has 1 heteroatoms. The van der Waals surface area contributed by atoms with Gasteiger partial charge in [0.2, 0.25) is 0 Å². The lowest BCUT2D eigenvalue weighted by Gasteiger charge is -2.00. The second-order valence-corrected chi connectivity index (χ2v) is 3.22. The van der Waals surface area contributed by atoms with Gasteiger partial charge < -0.3 is 5.73 Å². The van der Waals surface area contributed by atoms with E-state index in [2.05, 4.69) is 26.8 Å². The molecule has 0 spiro atoms. The predicted molar refractivity (Wildman–Crippen MR) is 46.9 cm³/mol. The molecule has 0 unspecified atom stereocenters. The van der Waals surface area contributed by atoms with Gasteiger partial charge in [0.15, 0.2) is 0 Å². The Morgan fingerprint density at radius 1 is 1.50 bits per heavy atom. The van der Waals surface area contributed by atoms with Crippen LogP contribution in [-0.2, 0) is 0 Å². The second-order valence-electron chi connectivity index (χ2n) is 3.22. The first-order valence-electron chi connectivity index (χ1n) is 4.02. The van der Waals surface area contributed by atoms with Gasteiger partial charge in [-0.25, -0.2) is 0 Å². The van der Waals surface area contributed by atoms with Crippen LogP contribution in [0.3, 0.4) is 0 Å². The summed E-state index contributed by atoms with van der Waals surface area (Å²) in [5.41, 5.74) is 6.82. The lowest BCUT2D eigenvalue weighted by Crippen LogP contribution is -1.98. The summed E-state index contributed by atoms with van der Waals surface area (Å²) in [6.07, 6.45) is 4.52. The molecule has 0 aliphatic carbocycles.